The zero-order valence-electron chi connectivity index (χ0n) is 14.7. The third-order valence-electron chi connectivity index (χ3n) is 7.21. The summed E-state index contributed by atoms with van der Waals surface area (Å²) in [5.41, 5.74) is 4.27. The quantitative estimate of drug-likeness (QED) is 0.768. The van der Waals surface area contributed by atoms with Crippen LogP contribution in [0.4, 0.5) is 0 Å². The lowest BCUT2D eigenvalue weighted by Crippen LogP contribution is -2.59. The average molecular weight is 297 g/mol. The molecule has 0 aromatic heterocycles. The first-order valence-corrected chi connectivity index (χ1v) is 9.21. The van der Waals surface area contributed by atoms with Crippen LogP contribution in [0.5, 0.6) is 0 Å². The molecule has 120 valence electrons. The Morgan fingerprint density at radius 1 is 1.14 bits per heavy atom. The van der Waals surface area contributed by atoms with Crippen molar-refractivity contribution in [3.8, 4) is 0 Å². The van der Waals surface area contributed by atoms with E-state index in [2.05, 4.69) is 56.9 Å². The van der Waals surface area contributed by atoms with Gasteiger partial charge < -0.3 is 0 Å². The highest BCUT2D eigenvalue weighted by atomic mass is 15.2. The average Bonchev–Trinajstić information content (AvgIpc) is 2.44. The van der Waals surface area contributed by atoms with Crippen LogP contribution >= 0.6 is 0 Å². The summed E-state index contributed by atoms with van der Waals surface area (Å²) in [6, 6.07) is 10.00. The topological polar surface area (TPSA) is 3.24 Å². The van der Waals surface area contributed by atoms with Crippen molar-refractivity contribution in [2.24, 2.45) is 17.3 Å². The molecule has 1 heteroatoms. The number of likely N-dealkylation sites (tertiary alicyclic amines) is 1. The highest BCUT2D eigenvalue weighted by molar-refractivity contribution is 5.39. The van der Waals surface area contributed by atoms with Gasteiger partial charge in [-0.15, -0.1) is 0 Å². The fourth-order valence-corrected chi connectivity index (χ4v) is 5.87. The molecule has 0 N–H and O–H groups in total. The van der Waals surface area contributed by atoms with E-state index < -0.39 is 0 Å². The van der Waals surface area contributed by atoms with Crippen LogP contribution in [-0.4, -0.2) is 24.0 Å². The van der Waals surface area contributed by atoms with Crippen LogP contribution in [0.2, 0.25) is 0 Å². The number of nitrogens with zero attached hydrogens (tertiary/aromatic N) is 1. The molecule has 2 aliphatic carbocycles. The Balaban J connectivity index is 1.56. The minimum absolute atomic E-state index is 0.398. The van der Waals surface area contributed by atoms with Crippen LogP contribution in [0.15, 0.2) is 24.3 Å². The van der Waals surface area contributed by atoms with Gasteiger partial charge in [0.2, 0.25) is 0 Å². The van der Waals surface area contributed by atoms with Gasteiger partial charge in [-0.25, -0.2) is 0 Å². The maximum atomic E-state index is 2.85. The molecule has 1 heterocycles. The molecular formula is C21H31N. The number of piperidine rings is 1. The van der Waals surface area contributed by atoms with E-state index in [0.717, 1.165) is 17.9 Å². The van der Waals surface area contributed by atoms with Crippen LogP contribution in [0, 0.1) is 17.3 Å². The fraction of sp³-hybridized carbons (Fsp3) is 0.714. The van der Waals surface area contributed by atoms with E-state index in [1.165, 1.54) is 38.8 Å². The molecule has 0 unspecified atom stereocenters. The van der Waals surface area contributed by atoms with Crippen LogP contribution in [0.25, 0.3) is 0 Å². The van der Waals surface area contributed by atoms with Crippen molar-refractivity contribution in [2.75, 3.05) is 13.1 Å². The van der Waals surface area contributed by atoms with Crippen LogP contribution in [-0.2, 0) is 11.8 Å². The predicted octanol–water partition coefficient (Wildman–Crippen LogP) is 4.65. The van der Waals surface area contributed by atoms with Crippen molar-refractivity contribution >= 4 is 0 Å². The van der Waals surface area contributed by atoms with Crippen LogP contribution < -0.4 is 0 Å². The fourth-order valence-electron chi connectivity index (χ4n) is 5.87. The molecule has 0 spiro atoms. The maximum absolute atomic E-state index is 2.85. The second kappa shape index (κ2) is 4.84. The number of benzene rings is 1. The molecule has 1 nitrogen and oxygen atoms in total. The molecule has 4 rings (SSSR count). The number of fused-ring (bicyclic) bond motifs is 4. The van der Waals surface area contributed by atoms with Crippen molar-refractivity contribution in [2.45, 2.75) is 64.8 Å². The highest BCUT2D eigenvalue weighted by Gasteiger charge is 2.49. The van der Waals surface area contributed by atoms with Gasteiger partial charge in [0.1, 0.15) is 0 Å². The Morgan fingerprint density at radius 3 is 2.59 bits per heavy atom. The number of hydrogen-bond acceptors (Lipinski definition) is 1. The summed E-state index contributed by atoms with van der Waals surface area (Å²) in [6.07, 6.45) is 5.46. The van der Waals surface area contributed by atoms with Crippen molar-refractivity contribution < 1.29 is 0 Å². The Kier molecular flexibility index (Phi) is 3.24. The van der Waals surface area contributed by atoms with Crippen molar-refractivity contribution in [1.29, 1.82) is 0 Å². The van der Waals surface area contributed by atoms with Crippen LogP contribution in [0.1, 0.15) is 58.1 Å². The lowest BCUT2D eigenvalue weighted by molar-refractivity contribution is -0.0121. The van der Waals surface area contributed by atoms with E-state index in [1.54, 1.807) is 11.1 Å². The SMILES string of the molecule is C[C@@H]1[C@H]2Cc3ccccc3[C@]1(C)CCN2CC1CC(C)(C)C1. The summed E-state index contributed by atoms with van der Waals surface area (Å²) in [7, 11) is 0. The Labute approximate surface area is 136 Å². The van der Waals surface area contributed by atoms with Crippen molar-refractivity contribution in [1.82, 2.24) is 4.90 Å². The monoisotopic (exact) mass is 297 g/mol. The van der Waals surface area contributed by atoms with Gasteiger partial charge in [0, 0.05) is 12.6 Å². The first-order valence-electron chi connectivity index (χ1n) is 9.21. The summed E-state index contributed by atoms with van der Waals surface area (Å²) in [4.78, 5) is 2.85. The standard InChI is InChI=1S/C21H31N/c1-15-19-11-17-7-5-6-8-18(17)21(15,4)9-10-22(19)14-16-12-20(2,3)13-16/h5-8,15-16,19H,9-14H2,1-4H3/t15-,19-,21-/m1/s1. The van der Waals surface area contributed by atoms with Gasteiger partial charge in [0.15, 0.2) is 0 Å². The van der Waals surface area contributed by atoms with Crippen molar-refractivity contribution in [3.63, 3.8) is 0 Å². The number of hydrogen-bond donors (Lipinski definition) is 0. The molecule has 22 heavy (non-hydrogen) atoms. The third kappa shape index (κ3) is 2.16. The largest absolute Gasteiger partial charge is 0.299 e. The minimum atomic E-state index is 0.398. The first kappa shape index (κ1) is 14.8. The summed E-state index contributed by atoms with van der Waals surface area (Å²) < 4.78 is 0. The normalized spacial score (nSPS) is 37.5. The Morgan fingerprint density at radius 2 is 1.86 bits per heavy atom. The summed E-state index contributed by atoms with van der Waals surface area (Å²) in [5, 5.41) is 0. The second-order valence-electron chi connectivity index (χ2n) is 9.32. The van der Waals surface area contributed by atoms with E-state index in [-0.39, 0.29) is 0 Å². The molecule has 0 radical (unpaired) electrons. The van der Waals surface area contributed by atoms with E-state index in [9.17, 15) is 0 Å². The molecule has 1 saturated carbocycles. The van der Waals surface area contributed by atoms with Crippen molar-refractivity contribution in [3.05, 3.63) is 35.4 Å². The number of rotatable bonds is 2. The Bertz CT molecular complexity index is 567. The zero-order chi connectivity index (χ0) is 15.5. The summed E-state index contributed by atoms with van der Waals surface area (Å²) >= 11 is 0. The van der Waals surface area contributed by atoms with Gasteiger partial charge in [-0.2, -0.15) is 0 Å². The maximum Gasteiger partial charge on any atom is 0.0170 e. The van der Waals surface area contributed by atoms with Gasteiger partial charge in [-0.05, 0) is 66.0 Å². The van der Waals surface area contributed by atoms with Gasteiger partial charge in [0.05, 0.1) is 0 Å². The van der Waals surface area contributed by atoms with Gasteiger partial charge in [-0.3, -0.25) is 4.90 Å². The molecule has 3 atom stereocenters. The molecule has 1 saturated heterocycles. The smallest absolute Gasteiger partial charge is 0.0170 e. The summed E-state index contributed by atoms with van der Waals surface area (Å²) in [6.45, 7) is 12.5. The van der Waals surface area contributed by atoms with Gasteiger partial charge >= 0.3 is 0 Å². The first-order chi connectivity index (χ1) is 10.4. The minimum Gasteiger partial charge on any atom is -0.299 e. The zero-order valence-corrected chi connectivity index (χ0v) is 14.7. The molecule has 1 aliphatic heterocycles. The predicted molar refractivity (Wildman–Crippen MR) is 93.1 cm³/mol. The lowest BCUT2D eigenvalue weighted by atomic mass is 9.58. The Hall–Kier alpha value is -0.820. The highest BCUT2D eigenvalue weighted by Crippen LogP contribution is 2.50. The van der Waals surface area contributed by atoms with Gasteiger partial charge in [-0.1, -0.05) is 52.0 Å². The second-order valence-corrected chi connectivity index (χ2v) is 9.32. The molecule has 0 amide bonds. The van der Waals surface area contributed by atoms with E-state index in [1.807, 2.05) is 0 Å². The molecule has 2 fully saturated rings. The van der Waals surface area contributed by atoms with Gasteiger partial charge in [0.25, 0.3) is 0 Å². The third-order valence-corrected chi connectivity index (χ3v) is 7.21. The molecule has 1 aromatic carbocycles. The van der Waals surface area contributed by atoms with Crippen LogP contribution in [0.3, 0.4) is 0 Å². The molecule has 2 bridgehead atoms. The van der Waals surface area contributed by atoms with E-state index in [0.29, 0.717) is 10.8 Å². The van der Waals surface area contributed by atoms with E-state index in [4.69, 9.17) is 0 Å². The van der Waals surface area contributed by atoms with E-state index >= 15 is 0 Å². The lowest BCUT2D eigenvalue weighted by Gasteiger charge is -2.56. The molecule has 1 aromatic rings. The summed E-state index contributed by atoms with van der Waals surface area (Å²) in [5.74, 6) is 1.73. The molecule has 3 aliphatic rings. The molecular weight excluding hydrogens is 266 g/mol.